The minimum Gasteiger partial charge on any atom is -0.355 e. The number of carbonyl (C=O) groups is 1. The SMILES string of the molecule is CC(C)(CNC(=O)C1(CN)CC1)C1CCC1. The Labute approximate surface area is 98.2 Å². The number of rotatable bonds is 5. The first-order valence-electron chi connectivity index (χ1n) is 6.49. The van der Waals surface area contributed by atoms with Crippen molar-refractivity contribution in [2.24, 2.45) is 22.5 Å². The molecule has 0 heterocycles. The summed E-state index contributed by atoms with van der Waals surface area (Å²) in [6, 6.07) is 0. The van der Waals surface area contributed by atoms with Crippen molar-refractivity contribution < 1.29 is 4.79 Å². The lowest BCUT2D eigenvalue weighted by Crippen LogP contribution is -2.44. The molecular formula is C13H24N2O. The van der Waals surface area contributed by atoms with E-state index in [0.29, 0.717) is 6.54 Å². The van der Waals surface area contributed by atoms with Gasteiger partial charge in [-0.15, -0.1) is 0 Å². The van der Waals surface area contributed by atoms with E-state index in [2.05, 4.69) is 19.2 Å². The van der Waals surface area contributed by atoms with Gasteiger partial charge in [-0.3, -0.25) is 4.79 Å². The minimum atomic E-state index is -0.199. The average Bonchev–Trinajstić information content (AvgIpc) is 2.91. The molecule has 92 valence electrons. The van der Waals surface area contributed by atoms with Gasteiger partial charge in [-0.2, -0.15) is 0 Å². The summed E-state index contributed by atoms with van der Waals surface area (Å²) in [5.41, 5.74) is 5.70. The van der Waals surface area contributed by atoms with Crippen LogP contribution in [0.2, 0.25) is 0 Å². The second-order valence-corrected chi connectivity index (χ2v) is 6.28. The molecule has 0 aliphatic heterocycles. The molecule has 2 aliphatic rings. The van der Waals surface area contributed by atoms with Crippen molar-refractivity contribution >= 4 is 5.91 Å². The topological polar surface area (TPSA) is 55.1 Å². The molecule has 0 unspecified atom stereocenters. The smallest absolute Gasteiger partial charge is 0.227 e. The number of nitrogens with two attached hydrogens (primary N) is 1. The maximum atomic E-state index is 11.9. The number of hydrogen-bond acceptors (Lipinski definition) is 2. The molecule has 3 nitrogen and oxygen atoms in total. The predicted molar refractivity (Wildman–Crippen MR) is 64.9 cm³/mol. The predicted octanol–water partition coefficient (Wildman–Crippen LogP) is 1.67. The van der Waals surface area contributed by atoms with Gasteiger partial charge >= 0.3 is 0 Å². The Morgan fingerprint density at radius 3 is 2.44 bits per heavy atom. The van der Waals surface area contributed by atoms with Gasteiger partial charge < -0.3 is 11.1 Å². The van der Waals surface area contributed by atoms with Crippen molar-refractivity contribution in [3.8, 4) is 0 Å². The largest absolute Gasteiger partial charge is 0.355 e. The number of nitrogens with one attached hydrogen (secondary N) is 1. The summed E-state index contributed by atoms with van der Waals surface area (Å²) < 4.78 is 0. The van der Waals surface area contributed by atoms with Crippen LogP contribution in [0.5, 0.6) is 0 Å². The molecule has 2 aliphatic carbocycles. The molecule has 0 radical (unpaired) electrons. The van der Waals surface area contributed by atoms with Crippen LogP contribution in [0.25, 0.3) is 0 Å². The van der Waals surface area contributed by atoms with Gasteiger partial charge in [-0.25, -0.2) is 0 Å². The Balaban J connectivity index is 1.80. The van der Waals surface area contributed by atoms with Gasteiger partial charge in [-0.05, 0) is 37.0 Å². The lowest BCUT2D eigenvalue weighted by molar-refractivity contribution is -0.126. The van der Waals surface area contributed by atoms with Crippen LogP contribution in [0.15, 0.2) is 0 Å². The second-order valence-electron chi connectivity index (χ2n) is 6.28. The van der Waals surface area contributed by atoms with E-state index in [0.717, 1.165) is 25.3 Å². The molecule has 0 saturated heterocycles. The molecule has 0 aromatic carbocycles. The molecular weight excluding hydrogens is 200 g/mol. The van der Waals surface area contributed by atoms with Crippen molar-refractivity contribution in [3.63, 3.8) is 0 Å². The summed E-state index contributed by atoms with van der Waals surface area (Å²) in [4.78, 5) is 11.9. The lowest BCUT2D eigenvalue weighted by Gasteiger charge is -2.40. The Morgan fingerprint density at radius 2 is 2.06 bits per heavy atom. The summed E-state index contributed by atoms with van der Waals surface area (Å²) in [5.74, 6) is 0.975. The molecule has 2 saturated carbocycles. The minimum absolute atomic E-state index is 0.183. The Morgan fingerprint density at radius 1 is 1.44 bits per heavy atom. The summed E-state index contributed by atoms with van der Waals surface area (Å²) in [7, 11) is 0. The maximum Gasteiger partial charge on any atom is 0.227 e. The zero-order valence-corrected chi connectivity index (χ0v) is 10.5. The van der Waals surface area contributed by atoms with Crippen LogP contribution < -0.4 is 11.1 Å². The van der Waals surface area contributed by atoms with E-state index in [9.17, 15) is 4.79 Å². The van der Waals surface area contributed by atoms with Crippen LogP contribution in [0.3, 0.4) is 0 Å². The van der Waals surface area contributed by atoms with Crippen LogP contribution in [-0.4, -0.2) is 19.0 Å². The monoisotopic (exact) mass is 224 g/mol. The van der Waals surface area contributed by atoms with Gasteiger partial charge in [-0.1, -0.05) is 20.3 Å². The maximum absolute atomic E-state index is 11.9. The van der Waals surface area contributed by atoms with Gasteiger partial charge in [0, 0.05) is 13.1 Å². The molecule has 16 heavy (non-hydrogen) atoms. The van der Waals surface area contributed by atoms with Crippen LogP contribution in [0.1, 0.15) is 46.0 Å². The van der Waals surface area contributed by atoms with Crippen molar-refractivity contribution in [1.29, 1.82) is 0 Å². The van der Waals surface area contributed by atoms with E-state index in [-0.39, 0.29) is 16.7 Å². The van der Waals surface area contributed by atoms with E-state index in [1.54, 1.807) is 0 Å². The van der Waals surface area contributed by atoms with Crippen molar-refractivity contribution in [3.05, 3.63) is 0 Å². The molecule has 0 spiro atoms. The Hall–Kier alpha value is -0.570. The Kier molecular flexibility index (Phi) is 2.99. The second kappa shape index (κ2) is 4.02. The summed E-state index contributed by atoms with van der Waals surface area (Å²) in [6.07, 6.45) is 5.95. The highest BCUT2D eigenvalue weighted by Gasteiger charge is 2.48. The van der Waals surface area contributed by atoms with Crippen LogP contribution in [0, 0.1) is 16.7 Å². The normalized spacial score (nSPS) is 23.7. The number of hydrogen-bond donors (Lipinski definition) is 2. The fourth-order valence-corrected chi connectivity index (χ4v) is 2.50. The van der Waals surface area contributed by atoms with Crippen LogP contribution >= 0.6 is 0 Å². The highest BCUT2D eigenvalue weighted by Crippen LogP contribution is 2.45. The van der Waals surface area contributed by atoms with E-state index in [4.69, 9.17) is 5.73 Å². The van der Waals surface area contributed by atoms with Crippen LogP contribution in [0.4, 0.5) is 0 Å². The standard InChI is InChI=1S/C13H24N2O/c1-12(2,10-4-3-5-10)9-15-11(16)13(8-14)6-7-13/h10H,3-9,14H2,1-2H3,(H,15,16). The third kappa shape index (κ3) is 2.10. The molecule has 0 aromatic rings. The number of amides is 1. The van der Waals surface area contributed by atoms with Crippen LogP contribution in [-0.2, 0) is 4.79 Å². The van der Waals surface area contributed by atoms with E-state index in [1.807, 2.05) is 0 Å². The molecule has 0 atom stereocenters. The molecule has 2 rings (SSSR count). The van der Waals surface area contributed by atoms with Gasteiger partial charge in [0.1, 0.15) is 0 Å². The first kappa shape index (κ1) is 11.9. The third-order valence-corrected chi connectivity index (χ3v) is 4.64. The van der Waals surface area contributed by atoms with E-state index >= 15 is 0 Å². The first-order chi connectivity index (χ1) is 7.50. The highest BCUT2D eigenvalue weighted by molar-refractivity contribution is 5.85. The summed E-state index contributed by atoms with van der Waals surface area (Å²) >= 11 is 0. The zero-order chi connectivity index (χ0) is 11.8. The Bertz CT molecular complexity index is 278. The van der Waals surface area contributed by atoms with Crippen molar-refractivity contribution in [2.45, 2.75) is 46.0 Å². The molecule has 1 amide bonds. The first-order valence-corrected chi connectivity index (χ1v) is 6.49. The number of carbonyl (C=O) groups excluding carboxylic acids is 1. The van der Waals surface area contributed by atoms with Gasteiger partial charge in [0.25, 0.3) is 0 Å². The zero-order valence-electron chi connectivity index (χ0n) is 10.5. The molecule has 3 N–H and O–H groups in total. The lowest BCUT2D eigenvalue weighted by atomic mass is 9.67. The van der Waals surface area contributed by atoms with E-state index in [1.165, 1.54) is 19.3 Å². The summed E-state index contributed by atoms with van der Waals surface area (Å²) in [6.45, 7) is 5.83. The molecule has 0 aromatic heterocycles. The van der Waals surface area contributed by atoms with Crippen molar-refractivity contribution in [1.82, 2.24) is 5.32 Å². The summed E-state index contributed by atoms with van der Waals surface area (Å²) in [5, 5.41) is 3.11. The molecule has 0 bridgehead atoms. The average molecular weight is 224 g/mol. The quantitative estimate of drug-likeness (QED) is 0.746. The highest BCUT2D eigenvalue weighted by atomic mass is 16.2. The fourth-order valence-electron chi connectivity index (χ4n) is 2.50. The van der Waals surface area contributed by atoms with Gasteiger partial charge in [0.2, 0.25) is 5.91 Å². The molecule has 2 fully saturated rings. The van der Waals surface area contributed by atoms with Crippen molar-refractivity contribution in [2.75, 3.05) is 13.1 Å². The van der Waals surface area contributed by atoms with E-state index < -0.39 is 0 Å². The fraction of sp³-hybridized carbons (Fsp3) is 0.923. The van der Waals surface area contributed by atoms with Gasteiger partial charge in [0.15, 0.2) is 0 Å². The van der Waals surface area contributed by atoms with Gasteiger partial charge in [0.05, 0.1) is 5.41 Å². The molecule has 3 heteroatoms. The third-order valence-electron chi connectivity index (χ3n) is 4.64.